The highest BCUT2D eigenvalue weighted by Crippen LogP contribution is 2.44. The molecule has 0 radical (unpaired) electrons. The van der Waals surface area contributed by atoms with E-state index in [2.05, 4.69) is 53.7 Å². The molecule has 8 heteroatoms. The summed E-state index contributed by atoms with van der Waals surface area (Å²) in [5.74, 6) is 0.0916. The molecule has 7 rings (SSSR count). The number of carbonyl (C=O) groups is 1. The third-order valence-electron chi connectivity index (χ3n) is 9.43. The minimum atomic E-state index is -4.47. The molecule has 1 N–H and O–H groups in total. The summed E-state index contributed by atoms with van der Waals surface area (Å²) in [5, 5.41) is 9.03. The molecule has 5 nitrogen and oxygen atoms in total. The number of piperidine rings is 1. The normalized spacial score (nSPS) is 14.7. The van der Waals surface area contributed by atoms with Gasteiger partial charge in [0.1, 0.15) is 5.54 Å². The van der Waals surface area contributed by atoms with Crippen molar-refractivity contribution in [2.24, 2.45) is 5.92 Å². The van der Waals surface area contributed by atoms with Crippen LogP contribution in [0.25, 0.3) is 22.0 Å². The largest absolute Gasteiger partial charge is 0.416 e. The number of halogens is 3. The first-order valence-electron chi connectivity index (χ1n) is 16.1. The van der Waals surface area contributed by atoms with Gasteiger partial charge in [-0.15, -0.1) is 0 Å². The molecule has 0 unspecified atom stereocenters. The summed E-state index contributed by atoms with van der Waals surface area (Å²) in [5.41, 5.74) is 2.94. The van der Waals surface area contributed by atoms with Crippen LogP contribution >= 0.6 is 0 Å². The molecular weight excluding hydrogens is 609 g/mol. The van der Waals surface area contributed by atoms with Gasteiger partial charge in [-0.2, -0.15) is 18.3 Å². The number of benzene rings is 5. The second-order valence-corrected chi connectivity index (χ2v) is 12.4. The number of fused-ring (bicyclic) bond motifs is 1. The smallest absolute Gasteiger partial charge is 0.308 e. The number of alkyl halides is 3. The van der Waals surface area contributed by atoms with Gasteiger partial charge < -0.3 is 10.2 Å². The maximum absolute atomic E-state index is 13.8. The molecule has 0 saturated carbocycles. The highest BCUT2D eigenvalue weighted by molar-refractivity contribution is 6.02. The molecule has 1 amide bonds. The van der Waals surface area contributed by atoms with E-state index in [1.165, 1.54) is 6.07 Å². The lowest BCUT2D eigenvalue weighted by Crippen LogP contribution is -2.39. The molecular formula is C40H35F3N4O. The van der Waals surface area contributed by atoms with Crippen LogP contribution in [-0.2, 0) is 16.5 Å². The fourth-order valence-electron chi connectivity index (χ4n) is 6.92. The number of hydrogen-bond donors (Lipinski definition) is 1. The molecule has 242 valence electrons. The van der Waals surface area contributed by atoms with Crippen molar-refractivity contribution < 1.29 is 18.0 Å². The average molecular weight is 645 g/mol. The zero-order valence-electron chi connectivity index (χ0n) is 26.5. The lowest BCUT2D eigenvalue weighted by atomic mass is 9.77. The Labute approximate surface area is 277 Å². The van der Waals surface area contributed by atoms with Crippen molar-refractivity contribution >= 4 is 22.6 Å². The van der Waals surface area contributed by atoms with E-state index in [1.54, 1.807) is 6.07 Å². The topological polar surface area (TPSA) is 50.2 Å². The highest BCUT2D eigenvalue weighted by Gasteiger charge is 2.41. The monoisotopic (exact) mass is 644 g/mol. The molecule has 1 aliphatic rings. The molecule has 1 aliphatic heterocycles. The van der Waals surface area contributed by atoms with Gasteiger partial charge in [-0.1, -0.05) is 109 Å². The van der Waals surface area contributed by atoms with Crippen molar-refractivity contribution in [1.82, 2.24) is 14.7 Å². The Morgan fingerprint density at radius 1 is 0.688 bits per heavy atom. The molecule has 48 heavy (non-hydrogen) atoms. The lowest BCUT2D eigenvalue weighted by molar-refractivity contribution is -0.137. The van der Waals surface area contributed by atoms with Gasteiger partial charge in [0.05, 0.1) is 11.1 Å². The number of hydrogen-bond acceptors (Lipinski definition) is 3. The Kier molecular flexibility index (Phi) is 8.35. The Morgan fingerprint density at radius 3 is 1.75 bits per heavy atom. The molecule has 5 aromatic carbocycles. The van der Waals surface area contributed by atoms with Crippen molar-refractivity contribution in [2.75, 3.05) is 25.5 Å². The lowest BCUT2D eigenvalue weighted by Gasteiger charge is -2.37. The van der Waals surface area contributed by atoms with Crippen LogP contribution in [-0.4, -0.2) is 40.7 Å². The van der Waals surface area contributed by atoms with Crippen LogP contribution in [0.3, 0.4) is 0 Å². The minimum absolute atomic E-state index is 0.108. The Hall–Kier alpha value is -5.21. The highest BCUT2D eigenvalue weighted by atomic mass is 19.4. The van der Waals surface area contributed by atoms with E-state index in [0.717, 1.165) is 60.3 Å². The zero-order valence-corrected chi connectivity index (χ0v) is 26.5. The number of nitrogens with zero attached hydrogens (tertiary/aromatic N) is 3. The minimum Gasteiger partial charge on any atom is -0.308 e. The number of nitrogens with one attached hydrogen (secondary N) is 1. The van der Waals surface area contributed by atoms with Gasteiger partial charge in [-0.25, -0.2) is 4.68 Å². The van der Waals surface area contributed by atoms with Crippen LogP contribution in [0.4, 0.5) is 19.0 Å². The standard InChI is InChI=1S/C40H35F3N4O/c1-46-24-22-28(23-25-46)38(48)44-37-35-27-30(29-12-11-19-34(26-29)40(41,42)43)20-21-36(35)47(45-37)39(31-13-5-2-6-14-31,32-15-7-3-8-16-32)33-17-9-4-10-18-33/h2-21,26-28H,22-25H2,1H3,(H,44,45,48). The van der Waals surface area contributed by atoms with Crippen LogP contribution in [0.15, 0.2) is 133 Å². The van der Waals surface area contributed by atoms with Gasteiger partial charge in [0.15, 0.2) is 5.82 Å². The quantitative estimate of drug-likeness (QED) is 0.177. The van der Waals surface area contributed by atoms with E-state index in [4.69, 9.17) is 5.10 Å². The number of anilines is 1. The van der Waals surface area contributed by atoms with E-state index in [1.807, 2.05) is 77.5 Å². The third kappa shape index (κ3) is 5.77. The SMILES string of the molecule is CN1CCC(C(=O)Nc2nn(C(c3ccccc3)(c3ccccc3)c3ccccc3)c3ccc(-c4cccc(C(F)(F)F)c4)cc23)CC1. The predicted octanol–water partition coefficient (Wildman–Crippen LogP) is 8.84. The number of carbonyl (C=O) groups excluding carboxylic acids is 1. The summed E-state index contributed by atoms with van der Waals surface area (Å²) in [6.07, 6.45) is -3.00. The van der Waals surface area contributed by atoms with E-state index in [9.17, 15) is 18.0 Å². The Morgan fingerprint density at radius 2 is 1.21 bits per heavy atom. The molecule has 6 aromatic rings. The fraction of sp³-hybridized carbons (Fsp3) is 0.200. The van der Waals surface area contributed by atoms with Crippen LogP contribution in [0.2, 0.25) is 0 Å². The van der Waals surface area contributed by atoms with Crippen molar-refractivity contribution in [1.29, 1.82) is 0 Å². The van der Waals surface area contributed by atoms with Crippen molar-refractivity contribution in [2.45, 2.75) is 24.6 Å². The van der Waals surface area contributed by atoms with E-state index >= 15 is 0 Å². The molecule has 1 aromatic heterocycles. The summed E-state index contributed by atoms with van der Waals surface area (Å²) >= 11 is 0. The van der Waals surface area contributed by atoms with Gasteiger partial charge >= 0.3 is 6.18 Å². The first kappa shape index (κ1) is 31.4. The Bertz CT molecular complexity index is 1940. The van der Waals surface area contributed by atoms with Crippen LogP contribution in [0.5, 0.6) is 0 Å². The zero-order chi connectivity index (χ0) is 33.3. The molecule has 0 bridgehead atoms. The van der Waals surface area contributed by atoms with E-state index < -0.39 is 17.3 Å². The van der Waals surface area contributed by atoms with Crippen LogP contribution in [0.1, 0.15) is 35.1 Å². The van der Waals surface area contributed by atoms with Crippen molar-refractivity contribution in [3.05, 3.63) is 156 Å². The average Bonchev–Trinajstić information content (AvgIpc) is 3.47. The predicted molar refractivity (Wildman–Crippen MR) is 184 cm³/mol. The summed E-state index contributed by atoms with van der Waals surface area (Å²) < 4.78 is 43.1. The summed E-state index contributed by atoms with van der Waals surface area (Å²) in [4.78, 5) is 16.0. The number of amides is 1. The maximum Gasteiger partial charge on any atom is 0.416 e. The van der Waals surface area contributed by atoms with Gasteiger partial charge in [0, 0.05) is 11.3 Å². The van der Waals surface area contributed by atoms with Gasteiger partial charge in [-0.05, 0) is 85.1 Å². The maximum atomic E-state index is 13.8. The van der Waals surface area contributed by atoms with Crippen molar-refractivity contribution in [3.63, 3.8) is 0 Å². The second kappa shape index (κ2) is 12.8. The first-order valence-corrected chi connectivity index (χ1v) is 16.1. The summed E-state index contributed by atoms with van der Waals surface area (Å²) in [7, 11) is 2.05. The van der Waals surface area contributed by atoms with Crippen LogP contribution in [0, 0.1) is 5.92 Å². The molecule has 0 atom stereocenters. The van der Waals surface area contributed by atoms with Crippen LogP contribution < -0.4 is 5.32 Å². The third-order valence-corrected chi connectivity index (χ3v) is 9.43. The molecule has 0 spiro atoms. The van der Waals surface area contributed by atoms with Gasteiger partial charge in [0.25, 0.3) is 0 Å². The van der Waals surface area contributed by atoms with Gasteiger partial charge in [0.2, 0.25) is 5.91 Å². The molecule has 1 saturated heterocycles. The number of rotatable bonds is 7. The van der Waals surface area contributed by atoms with E-state index in [-0.39, 0.29) is 11.8 Å². The fourth-order valence-corrected chi connectivity index (χ4v) is 6.92. The number of likely N-dealkylation sites (tertiary alicyclic amines) is 1. The van der Waals surface area contributed by atoms with Gasteiger partial charge in [-0.3, -0.25) is 4.79 Å². The molecule has 2 heterocycles. The molecule has 1 fully saturated rings. The summed E-state index contributed by atoms with van der Waals surface area (Å²) in [6.45, 7) is 1.65. The molecule has 0 aliphatic carbocycles. The number of aromatic nitrogens is 2. The summed E-state index contributed by atoms with van der Waals surface area (Å²) in [6, 6.07) is 41.2. The first-order chi connectivity index (χ1) is 23.2. The Balaban J connectivity index is 1.49. The van der Waals surface area contributed by atoms with E-state index in [0.29, 0.717) is 22.3 Å². The van der Waals surface area contributed by atoms with Crippen molar-refractivity contribution in [3.8, 4) is 11.1 Å². The second-order valence-electron chi connectivity index (χ2n) is 12.4.